The number of carbonyl (C=O) groups is 1. The third-order valence-corrected chi connectivity index (χ3v) is 7.08. The van der Waals surface area contributed by atoms with E-state index >= 15 is 0 Å². The second kappa shape index (κ2) is 4.20. The predicted molar refractivity (Wildman–Crippen MR) is 76.7 cm³/mol. The minimum Gasteiger partial charge on any atom is -0.295 e. The lowest BCUT2D eigenvalue weighted by Crippen LogP contribution is -2.44. The number of rotatable bonds is 0. The molecule has 5 atom stereocenters. The molecule has 104 valence electrons. The van der Waals surface area contributed by atoms with Crippen molar-refractivity contribution < 1.29 is 4.79 Å². The van der Waals surface area contributed by atoms with E-state index in [0.717, 1.165) is 36.5 Å². The third-order valence-electron chi connectivity index (χ3n) is 7.08. The van der Waals surface area contributed by atoms with Crippen LogP contribution in [0.5, 0.6) is 0 Å². The Balaban J connectivity index is 1.63. The van der Waals surface area contributed by atoms with Crippen LogP contribution in [0.25, 0.3) is 0 Å². The summed E-state index contributed by atoms with van der Waals surface area (Å²) in [6.07, 6.45) is 13.9. The van der Waals surface area contributed by atoms with Crippen LogP contribution in [0.2, 0.25) is 0 Å². The number of carbonyl (C=O) groups excluding carboxylic acids is 1. The normalized spacial score (nSPS) is 49.1. The van der Waals surface area contributed by atoms with Gasteiger partial charge in [0.15, 0.2) is 5.78 Å². The number of hydrogen-bond acceptors (Lipinski definition) is 1. The molecular weight excluding hydrogens is 232 g/mol. The maximum atomic E-state index is 11.6. The molecule has 1 heteroatoms. The van der Waals surface area contributed by atoms with Gasteiger partial charge in [0.05, 0.1) is 0 Å². The van der Waals surface area contributed by atoms with Crippen molar-refractivity contribution in [2.24, 2.45) is 29.1 Å². The highest BCUT2D eigenvalue weighted by atomic mass is 16.1. The molecule has 19 heavy (non-hydrogen) atoms. The van der Waals surface area contributed by atoms with E-state index < -0.39 is 0 Å². The molecule has 0 radical (unpaired) electrons. The highest BCUT2D eigenvalue weighted by molar-refractivity contribution is 5.91. The van der Waals surface area contributed by atoms with Crippen LogP contribution in [0, 0.1) is 29.1 Å². The number of allylic oxidation sites excluding steroid dienone is 1. The SMILES string of the molecule is C[C@]12CCCC1C1CCC3=CC(=O)CC[C@H]3C1CC2. The summed E-state index contributed by atoms with van der Waals surface area (Å²) in [4.78, 5) is 11.6. The Kier molecular flexibility index (Phi) is 2.69. The van der Waals surface area contributed by atoms with Crippen LogP contribution in [0.1, 0.15) is 64.7 Å². The smallest absolute Gasteiger partial charge is 0.155 e. The number of fused-ring (bicyclic) bond motifs is 5. The molecule has 0 aromatic carbocycles. The van der Waals surface area contributed by atoms with E-state index in [1.165, 1.54) is 50.5 Å². The molecule has 0 spiro atoms. The van der Waals surface area contributed by atoms with Crippen molar-refractivity contribution in [3.63, 3.8) is 0 Å². The molecule has 0 N–H and O–H groups in total. The van der Waals surface area contributed by atoms with Crippen LogP contribution in [-0.2, 0) is 4.79 Å². The molecule has 3 saturated carbocycles. The van der Waals surface area contributed by atoms with E-state index in [1.807, 2.05) is 6.08 Å². The lowest BCUT2D eigenvalue weighted by molar-refractivity contribution is -0.116. The first-order valence-corrected chi connectivity index (χ1v) is 8.41. The van der Waals surface area contributed by atoms with E-state index in [1.54, 1.807) is 0 Å². The molecular formula is C18H26O. The molecule has 0 saturated heterocycles. The van der Waals surface area contributed by atoms with Gasteiger partial charge in [0.2, 0.25) is 0 Å². The molecule has 0 amide bonds. The topological polar surface area (TPSA) is 17.1 Å². The van der Waals surface area contributed by atoms with Crippen molar-refractivity contribution in [1.29, 1.82) is 0 Å². The molecule has 4 rings (SSSR count). The van der Waals surface area contributed by atoms with E-state index in [-0.39, 0.29) is 0 Å². The minimum absolute atomic E-state index is 0.395. The zero-order chi connectivity index (χ0) is 13.0. The summed E-state index contributed by atoms with van der Waals surface area (Å²) < 4.78 is 0. The van der Waals surface area contributed by atoms with Crippen molar-refractivity contribution in [1.82, 2.24) is 0 Å². The summed E-state index contributed by atoms with van der Waals surface area (Å²) in [6, 6.07) is 0. The van der Waals surface area contributed by atoms with Crippen molar-refractivity contribution in [3.8, 4) is 0 Å². The van der Waals surface area contributed by atoms with Gasteiger partial charge in [0.1, 0.15) is 0 Å². The molecule has 0 bridgehead atoms. The van der Waals surface area contributed by atoms with Gasteiger partial charge in [-0.3, -0.25) is 4.79 Å². The van der Waals surface area contributed by atoms with Gasteiger partial charge < -0.3 is 0 Å². The molecule has 0 aliphatic heterocycles. The Hall–Kier alpha value is -0.590. The Labute approximate surface area is 116 Å². The van der Waals surface area contributed by atoms with Gasteiger partial charge in [0.25, 0.3) is 0 Å². The van der Waals surface area contributed by atoms with Gasteiger partial charge in [-0.15, -0.1) is 0 Å². The maximum absolute atomic E-state index is 11.6. The van der Waals surface area contributed by atoms with Crippen molar-refractivity contribution in [3.05, 3.63) is 11.6 Å². The second-order valence-corrected chi connectivity index (χ2v) is 7.89. The van der Waals surface area contributed by atoms with Crippen LogP contribution in [0.15, 0.2) is 11.6 Å². The van der Waals surface area contributed by atoms with Crippen LogP contribution in [0.3, 0.4) is 0 Å². The van der Waals surface area contributed by atoms with E-state index in [9.17, 15) is 4.79 Å². The van der Waals surface area contributed by atoms with Crippen molar-refractivity contribution in [2.75, 3.05) is 0 Å². The number of hydrogen-bond donors (Lipinski definition) is 0. The van der Waals surface area contributed by atoms with Crippen LogP contribution in [-0.4, -0.2) is 5.78 Å². The largest absolute Gasteiger partial charge is 0.295 e. The Morgan fingerprint density at radius 3 is 2.84 bits per heavy atom. The molecule has 0 aromatic heterocycles. The minimum atomic E-state index is 0.395. The lowest BCUT2D eigenvalue weighted by atomic mass is 9.52. The summed E-state index contributed by atoms with van der Waals surface area (Å²) >= 11 is 0. The van der Waals surface area contributed by atoms with Crippen LogP contribution < -0.4 is 0 Å². The fourth-order valence-corrected chi connectivity index (χ4v) is 6.17. The molecule has 4 aliphatic rings. The first-order valence-electron chi connectivity index (χ1n) is 8.41. The second-order valence-electron chi connectivity index (χ2n) is 7.89. The maximum Gasteiger partial charge on any atom is 0.155 e. The van der Waals surface area contributed by atoms with Gasteiger partial charge >= 0.3 is 0 Å². The first-order chi connectivity index (χ1) is 9.17. The molecule has 4 aliphatic carbocycles. The summed E-state index contributed by atoms with van der Waals surface area (Å²) in [5.74, 6) is 4.08. The number of ketones is 1. The first kappa shape index (κ1) is 12.2. The lowest BCUT2D eigenvalue weighted by Gasteiger charge is -2.52. The van der Waals surface area contributed by atoms with Gasteiger partial charge in [-0.25, -0.2) is 0 Å². The van der Waals surface area contributed by atoms with Crippen LogP contribution in [0.4, 0.5) is 0 Å². The fraction of sp³-hybridized carbons (Fsp3) is 0.833. The highest BCUT2D eigenvalue weighted by Crippen LogP contribution is 2.61. The molecule has 3 fully saturated rings. The van der Waals surface area contributed by atoms with E-state index in [4.69, 9.17) is 0 Å². The van der Waals surface area contributed by atoms with E-state index in [2.05, 4.69) is 6.92 Å². The molecule has 0 heterocycles. The average Bonchev–Trinajstić information content (AvgIpc) is 2.79. The Bertz CT molecular complexity index is 435. The van der Waals surface area contributed by atoms with Crippen molar-refractivity contribution >= 4 is 5.78 Å². The standard InChI is InChI=1S/C18H26O/c1-18-9-2-3-17(18)16-6-4-12-11-13(19)5-7-14(12)15(16)8-10-18/h11,14-17H,2-10H2,1H3/t14-,15?,16?,17?,18-/m1/s1. The quantitative estimate of drug-likeness (QED) is 0.624. The summed E-state index contributed by atoms with van der Waals surface area (Å²) in [6.45, 7) is 2.57. The van der Waals surface area contributed by atoms with Gasteiger partial charge in [0, 0.05) is 6.42 Å². The third kappa shape index (κ3) is 1.76. The van der Waals surface area contributed by atoms with Gasteiger partial charge in [-0.1, -0.05) is 18.9 Å². The summed E-state index contributed by atoms with van der Waals surface area (Å²) in [7, 11) is 0. The molecule has 1 nitrogen and oxygen atoms in total. The van der Waals surface area contributed by atoms with Gasteiger partial charge in [-0.2, -0.15) is 0 Å². The predicted octanol–water partition coefficient (Wildman–Crippen LogP) is 4.52. The zero-order valence-corrected chi connectivity index (χ0v) is 12.2. The van der Waals surface area contributed by atoms with E-state index in [0.29, 0.717) is 11.2 Å². The fourth-order valence-electron chi connectivity index (χ4n) is 6.17. The summed E-state index contributed by atoms with van der Waals surface area (Å²) in [5, 5.41) is 0. The monoisotopic (exact) mass is 258 g/mol. The average molecular weight is 258 g/mol. The Morgan fingerprint density at radius 1 is 1.05 bits per heavy atom. The molecule has 0 aromatic rings. The van der Waals surface area contributed by atoms with Crippen molar-refractivity contribution in [2.45, 2.75) is 64.7 Å². The highest BCUT2D eigenvalue weighted by Gasteiger charge is 2.52. The van der Waals surface area contributed by atoms with Crippen LogP contribution >= 0.6 is 0 Å². The zero-order valence-electron chi connectivity index (χ0n) is 12.2. The Morgan fingerprint density at radius 2 is 1.95 bits per heavy atom. The summed E-state index contributed by atoms with van der Waals surface area (Å²) in [5.41, 5.74) is 2.20. The van der Waals surface area contributed by atoms with Gasteiger partial charge in [-0.05, 0) is 80.1 Å². The molecule has 3 unspecified atom stereocenters.